The van der Waals surface area contributed by atoms with Crippen LogP contribution in [0.2, 0.25) is 0 Å². The van der Waals surface area contributed by atoms with Crippen molar-refractivity contribution < 1.29 is 42.5 Å². The molecule has 3 nitrogen and oxygen atoms in total. The molecule has 0 spiro atoms. The third-order valence-corrected chi connectivity index (χ3v) is 3.68. The molecule has 0 aromatic heterocycles. The molecule has 0 bridgehead atoms. The van der Waals surface area contributed by atoms with E-state index in [1.165, 1.54) is 6.07 Å². The largest absolute Gasteiger partial charge is 1.00 e. The maximum absolute atomic E-state index is 11.2. The van der Waals surface area contributed by atoms with E-state index in [1.54, 1.807) is 6.07 Å². The van der Waals surface area contributed by atoms with Crippen molar-refractivity contribution in [2.24, 2.45) is 0 Å². The Balaban J connectivity index is 0.00000162. The van der Waals surface area contributed by atoms with Gasteiger partial charge < -0.3 is 4.55 Å². The molecule has 18 heavy (non-hydrogen) atoms. The molecule has 0 heterocycles. The Hall–Kier alpha value is -0.390. The molecule has 0 saturated carbocycles. The Morgan fingerprint density at radius 3 is 2.39 bits per heavy atom. The zero-order valence-corrected chi connectivity index (χ0v) is 13.5. The van der Waals surface area contributed by atoms with Crippen molar-refractivity contribution in [1.29, 1.82) is 0 Å². The molecule has 0 radical (unpaired) electrons. The summed E-state index contributed by atoms with van der Waals surface area (Å²) in [6, 6.07) is 8.79. The Kier molecular flexibility index (Phi) is 4.98. The number of hydrogen-bond acceptors (Lipinski definition) is 3. The van der Waals surface area contributed by atoms with Crippen LogP contribution in [0.3, 0.4) is 0 Å². The number of rotatable bonds is 2. The topological polar surface area (TPSA) is 57.2 Å². The van der Waals surface area contributed by atoms with Gasteiger partial charge in [-0.2, -0.15) is 0 Å². The molecule has 0 saturated heterocycles. The van der Waals surface area contributed by atoms with E-state index in [2.05, 4.69) is 0 Å². The number of aryl methyl sites for hydroxylation is 2. The maximum atomic E-state index is 11.2. The SMILES string of the molecule is CCc1cc(S(=O)(=O)[O-])c2ccc(C)cc2c1.[Na+]. The smallest absolute Gasteiger partial charge is 0.744 e. The Morgan fingerprint density at radius 1 is 1.17 bits per heavy atom. The molecule has 2 aromatic carbocycles. The molecular formula is C13H13NaO3S. The normalized spacial score (nSPS) is 11.3. The minimum atomic E-state index is -4.42. The van der Waals surface area contributed by atoms with Gasteiger partial charge in [-0.25, -0.2) is 8.42 Å². The minimum absolute atomic E-state index is 0. The van der Waals surface area contributed by atoms with Crippen LogP contribution in [-0.2, 0) is 16.5 Å². The first-order chi connectivity index (χ1) is 7.91. The molecule has 0 aliphatic heterocycles. The maximum Gasteiger partial charge on any atom is 1.00 e. The van der Waals surface area contributed by atoms with Crippen LogP contribution in [0, 0.1) is 6.92 Å². The molecule has 2 rings (SSSR count). The summed E-state index contributed by atoms with van der Waals surface area (Å²) >= 11 is 0. The first-order valence-electron chi connectivity index (χ1n) is 5.41. The summed E-state index contributed by atoms with van der Waals surface area (Å²) < 4.78 is 33.7. The average Bonchev–Trinajstić information content (AvgIpc) is 2.25. The van der Waals surface area contributed by atoms with Crippen molar-refractivity contribution in [2.45, 2.75) is 25.2 Å². The van der Waals surface area contributed by atoms with Gasteiger partial charge in [0, 0.05) is 0 Å². The van der Waals surface area contributed by atoms with Gasteiger partial charge in [-0.3, -0.25) is 0 Å². The summed E-state index contributed by atoms with van der Waals surface area (Å²) in [5.41, 5.74) is 1.90. The van der Waals surface area contributed by atoms with Crippen LogP contribution in [0.15, 0.2) is 35.2 Å². The van der Waals surface area contributed by atoms with Crippen LogP contribution in [0.5, 0.6) is 0 Å². The summed E-state index contributed by atoms with van der Waals surface area (Å²) in [5, 5.41) is 1.31. The molecule has 0 aliphatic rings. The second-order valence-corrected chi connectivity index (χ2v) is 5.47. The number of hydrogen-bond donors (Lipinski definition) is 0. The first kappa shape index (κ1) is 15.7. The van der Waals surface area contributed by atoms with E-state index in [1.807, 2.05) is 32.0 Å². The molecule has 2 aromatic rings. The third-order valence-electron chi connectivity index (χ3n) is 2.81. The Bertz CT molecular complexity index is 678. The average molecular weight is 272 g/mol. The van der Waals surface area contributed by atoms with Gasteiger partial charge in [0.1, 0.15) is 10.1 Å². The van der Waals surface area contributed by atoms with Gasteiger partial charge in [-0.1, -0.05) is 36.8 Å². The van der Waals surface area contributed by atoms with Crippen LogP contribution in [0.25, 0.3) is 10.8 Å². The second kappa shape index (κ2) is 5.72. The molecule has 0 aliphatic carbocycles. The number of fused-ring (bicyclic) bond motifs is 1. The predicted molar refractivity (Wildman–Crippen MR) is 66.0 cm³/mol. The van der Waals surface area contributed by atoms with Crippen molar-refractivity contribution in [3.05, 3.63) is 41.5 Å². The fourth-order valence-corrected chi connectivity index (χ4v) is 2.68. The van der Waals surface area contributed by atoms with Crippen molar-refractivity contribution in [3.8, 4) is 0 Å². The fraction of sp³-hybridized carbons (Fsp3) is 0.231. The fourth-order valence-electron chi connectivity index (χ4n) is 1.92. The van der Waals surface area contributed by atoms with Gasteiger partial charge in [0.15, 0.2) is 0 Å². The molecule has 90 valence electrons. The molecule has 0 amide bonds. The van der Waals surface area contributed by atoms with E-state index >= 15 is 0 Å². The second-order valence-electron chi connectivity index (χ2n) is 4.13. The van der Waals surface area contributed by atoms with Gasteiger partial charge in [-0.05, 0) is 35.7 Å². The third kappa shape index (κ3) is 3.13. The standard InChI is InChI=1S/C13H14O3S.Na/c1-3-10-7-11-6-9(2)4-5-12(11)13(8-10)17(14,15)16;/h4-8H,3H2,1-2H3,(H,14,15,16);/q;+1/p-1. The molecule has 0 fully saturated rings. The van der Waals surface area contributed by atoms with Crippen molar-refractivity contribution in [3.63, 3.8) is 0 Å². The van der Waals surface area contributed by atoms with Crippen LogP contribution in [0.1, 0.15) is 18.1 Å². The Morgan fingerprint density at radius 2 is 1.83 bits per heavy atom. The summed E-state index contributed by atoms with van der Waals surface area (Å²) in [6.45, 7) is 3.86. The van der Waals surface area contributed by atoms with E-state index in [-0.39, 0.29) is 34.5 Å². The summed E-state index contributed by atoms with van der Waals surface area (Å²) in [7, 11) is -4.42. The van der Waals surface area contributed by atoms with E-state index < -0.39 is 10.1 Å². The van der Waals surface area contributed by atoms with Gasteiger partial charge in [0.25, 0.3) is 0 Å². The molecule has 0 unspecified atom stereocenters. The van der Waals surface area contributed by atoms with E-state index in [4.69, 9.17) is 0 Å². The number of benzene rings is 2. The minimum Gasteiger partial charge on any atom is -0.744 e. The summed E-state index contributed by atoms with van der Waals surface area (Å²) in [6.07, 6.45) is 0.701. The monoisotopic (exact) mass is 272 g/mol. The van der Waals surface area contributed by atoms with Gasteiger partial charge in [-0.15, -0.1) is 0 Å². The van der Waals surface area contributed by atoms with Gasteiger partial charge in [0.2, 0.25) is 0 Å². The van der Waals surface area contributed by atoms with Crippen molar-refractivity contribution >= 4 is 20.9 Å². The quantitative estimate of drug-likeness (QED) is 0.553. The van der Waals surface area contributed by atoms with Crippen LogP contribution in [-0.4, -0.2) is 13.0 Å². The van der Waals surface area contributed by atoms with Crippen LogP contribution >= 0.6 is 0 Å². The molecule has 0 atom stereocenters. The first-order valence-corrected chi connectivity index (χ1v) is 6.82. The molecule has 5 heteroatoms. The zero-order chi connectivity index (χ0) is 12.6. The van der Waals surface area contributed by atoms with Crippen LogP contribution < -0.4 is 29.6 Å². The van der Waals surface area contributed by atoms with Gasteiger partial charge in [0.05, 0.1) is 4.90 Å². The molecule has 0 N–H and O–H groups in total. The summed E-state index contributed by atoms with van der Waals surface area (Å²) in [4.78, 5) is -0.119. The van der Waals surface area contributed by atoms with Crippen molar-refractivity contribution in [1.82, 2.24) is 0 Å². The van der Waals surface area contributed by atoms with Gasteiger partial charge >= 0.3 is 29.6 Å². The van der Waals surface area contributed by atoms with E-state index in [9.17, 15) is 13.0 Å². The Labute approximate surface area is 129 Å². The molecular weight excluding hydrogens is 259 g/mol. The van der Waals surface area contributed by atoms with E-state index in [0.717, 1.165) is 16.5 Å². The van der Waals surface area contributed by atoms with E-state index in [0.29, 0.717) is 11.8 Å². The predicted octanol–water partition coefficient (Wildman–Crippen LogP) is -0.381. The summed E-state index contributed by atoms with van der Waals surface area (Å²) in [5.74, 6) is 0. The van der Waals surface area contributed by atoms with Crippen LogP contribution in [0.4, 0.5) is 0 Å². The van der Waals surface area contributed by atoms with Crippen molar-refractivity contribution in [2.75, 3.05) is 0 Å². The zero-order valence-electron chi connectivity index (χ0n) is 10.7.